The summed E-state index contributed by atoms with van der Waals surface area (Å²) in [5, 5.41) is 25.1. The highest BCUT2D eigenvalue weighted by atomic mass is 16.5. The van der Waals surface area contributed by atoms with E-state index in [0.717, 1.165) is 16.9 Å². The molecule has 0 fully saturated rings. The molecular formula is C26H35NO8. The van der Waals surface area contributed by atoms with Gasteiger partial charge in [-0.3, -0.25) is 4.90 Å². The van der Waals surface area contributed by atoms with Crippen LogP contribution in [0.5, 0.6) is 5.75 Å². The summed E-state index contributed by atoms with van der Waals surface area (Å²) >= 11 is 0. The lowest BCUT2D eigenvalue weighted by atomic mass is 9.86. The van der Waals surface area contributed by atoms with Crippen molar-refractivity contribution in [2.45, 2.75) is 45.8 Å². The average molecular weight is 490 g/mol. The Labute approximate surface area is 205 Å². The molecule has 0 heterocycles. The lowest BCUT2D eigenvalue weighted by Crippen LogP contribution is -2.32. The molecule has 35 heavy (non-hydrogen) atoms. The minimum atomic E-state index is -1.82. The third-order valence-electron chi connectivity index (χ3n) is 5.01. The van der Waals surface area contributed by atoms with Crippen molar-refractivity contribution >= 4 is 17.9 Å². The molecule has 2 rings (SSSR count). The maximum Gasteiger partial charge on any atom is 0.414 e. The first-order valence-corrected chi connectivity index (χ1v) is 11.0. The average Bonchev–Trinajstić information content (AvgIpc) is 2.77. The Morgan fingerprint density at radius 1 is 1.00 bits per heavy atom. The SMILES string of the molecule is COC(=O)c1ccc(CN(C)CC(O)COc2ccc(C(C)(C)C)cc2C)cc1.O=C(O)C(=O)O. The molecule has 0 spiro atoms. The van der Waals surface area contributed by atoms with Crippen LogP contribution < -0.4 is 4.74 Å². The minimum Gasteiger partial charge on any atom is -0.491 e. The Kier molecular flexibility index (Phi) is 11.4. The summed E-state index contributed by atoms with van der Waals surface area (Å²) in [4.78, 5) is 31.7. The van der Waals surface area contributed by atoms with E-state index in [0.29, 0.717) is 18.7 Å². The summed E-state index contributed by atoms with van der Waals surface area (Å²) in [6, 6.07) is 13.5. The van der Waals surface area contributed by atoms with Crippen LogP contribution in [-0.4, -0.2) is 71.5 Å². The number of carboxylic acid groups (broad SMARTS) is 2. The number of carbonyl (C=O) groups is 3. The van der Waals surface area contributed by atoms with E-state index in [1.54, 1.807) is 12.1 Å². The van der Waals surface area contributed by atoms with Gasteiger partial charge in [0, 0.05) is 13.1 Å². The van der Waals surface area contributed by atoms with Gasteiger partial charge in [0.25, 0.3) is 0 Å². The van der Waals surface area contributed by atoms with Gasteiger partial charge in [-0.05, 0) is 54.3 Å². The third kappa shape index (κ3) is 10.6. The van der Waals surface area contributed by atoms with Gasteiger partial charge in [-0.1, -0.05) is 45.0 Å². The van der Waals surface area contributed by atoms with Crippen molar-refractivity contribution in [1.29, 1.82) is 0 Å². The Morgan fingerprint density at radius 3 is 2.03 bits per heavy atom. The van der Waals surface area contributed by atoms with E-state index in [1.165, 1.54) is 12.7 Å². The maximum atomic E-state index is 11.5. The molecule has 0 saturated carbocycles. The fourth-order valence-corrected chi connectivity index (χ4v) is 3.12. The highest BCUT2D eigenvalue weighted by molar-refractivity contribution is 6.27. The Balaban J connectivity index is 0.000000905. The number of benzene rings is 2. The molecule has 0 saturated heterocycles. The molecule has 1 unspecified atom stereocenters. The molecule has 9 nitrogen and oxygen atoms in total. The standard InChI is InChI=1S/C24H33NO4.C2H2O4/c1-17-13-20(24(2,3)4)11-12-22(17)29-16-21(26)15-25(5)14-18-7-9-19(10-8-18)23(27)28-6;3-1(4)2(5)6/h7-13,21,26H,14-16H2,1-6H3;(H,3,4)(H,5,6). The summed E-state index contributed by atoms with van der Waals surface area (Å²) in [6.45, 7) is 9.97. The van der Waals surface area contributed by atoms with Crippen molar-refractivity contribution < 1.29 is 39.2 Å². The van der Waals surface area contributed by atoms with Crippen LogP contribution in [0.1, 0.15) is 47.8 Å². The van der Waals surface area contributed by atoms with Gasteiger partial charge in [-0.2, -0.15) is 0 Å². The van der Waals surface area contributed by atoms with Crippen LogP contribution in [0.2, 0.25) is 0 Å². The van der Waals surface area contributed by atoms with Crippen molar-refractivity contribution in [1.82, 2.24) is 4.90 Å². The molecule has 0 bridgehead atoms. The largest absolute Gasteiger partial charge is 0.491 e. The van der Waals surface area contributed by atoms with Crippen LogP contribution in [-0.2, 0) is 26.3 Å². The zero-order valence-electron chi connectivity index (χ0n) is 21.1. The molecule has 9 heteroatoms. The predicted molar refractivity (Wildman–Crippen MR) is 131 cm³/mol. The zero-order valence-corrected chi connectivity index (χ0v) is 21.1. The maximum absolute atomic E-state index is 11.5. The van der Waals surface area contributed by atoms with Crippen molar-refractivity contribution in [2.75, 3.05) is 27.3 Å². The van der Waals surface area contributed by atoms with Crippen molar-refractivity contribution in [3.05, 3.63) is 64.7 Å². The number of hydrogen-bond donors (Lipinski definition) is 3. The molecule has 0 aliphatic heterocycles. The molecule has 2 aromatic rings. The number of esters is 1. The molecule has 0 aliphatic rings. The summed E-state index contributed by atoms with van der Waals surface area (Å²) in [7, 11) is 3.31. The first-order chi connectivity index (χ1) is 16.2. The Bertz CT molecular complexity index is 983. The predicted octanol–water partition coefficient (Wildman–Crippen LogP) is 3.11. The number of aryl methyl sites for hydroxylation is 1. The monoisotopic (exact) mass is 489 g/mol. The summed E-state index contributed by atoms with van der Waals surface area (Å²) < 4.78 is 10.6. The molecule has 0 amide bonds. The number of methoxy groups -OCH3 is 1. The lowest BCUT2D eigenvalue weighted by Gasteiger charge is -2.23. The van der Waals surface area contributed by atoms with E-state index < -0.39 is 18.0 Å². The van der Waals surface area contributed by atoms with Crippen molar-refractivity contribution in [2.24, 2.45) is 0 Å². The van der Waals surface area contributed by atoms with Gasteiger partial charge in [0.1, 0.15) is 18.5 Å². The molecule has 0 aliphatic carbocycles. The second-order valence-corrected chi connectivity index (χ2v) is 9.19. The second-order valence-electron chi connectivity index (χ2n) is 9.19. The van der Waals surface area contributed by atoms with Crippen LogP contribution in [0.15, 0.2) is 42.5 Å². The van der Waals surface area contributed by atoms with E-state index in [9.17, 15) is 9.90 Å². The summed E-state index contributed by atoms with van der Waals surface area (Å²) in [6.07, 6.45) is -0.601. The molecular weight excluding hydrogens is 454 g/mol. The van der Waals surface area contributed by atoms with Gasteiger partial charge in [0.2, 0.25) is 0 Å². The van der Waals surface area contributed by atoms with Crippen molar-refractivity contribution in [3.8, 4) is 5.75 Å². The van der Waals surface area contributed by atoms with Crippen LogP contribution in [0.25, 0.3) is 0 Å². The van der Waals surface area contributed by atoms with E-state index in [1.807, 2.05) is 37.1 Å². The summed E-state index contributed by atoms with van der Waals surface area (Å²) in [5.74, 6) is -3.19. The number of aliphatic hydroxyl groups excluding tert-OH is 1. The van der Waals surface area contributed by atoms with E-state index in [4.69, 9.17) is 29.3 Å². The number of ether oxygens (including phenoxy) is 2. The van der Waals surface area contributed by atoms with E-state index in [2.05, 4.69) is 32.9 Å². The van der Waals surface area contributed by atoms with Gasteiger partial charge in [0.05, 0.1) is 12.7 Å². The van der Waals surface area contributed by atoms with Gasteiger partial charge < -0.3 is 24.8 Å². The third-order valence-corrected chi connectivity index (χ3v) is 5.01. The summed E-state index contributed by atoms with van der Waals surface area (Å²) in [5.41, 5.74) is 4.02. The number of aliphatic carboxylic acids is 2. The first kappa shape index (κ1) is 29.6. The number of likely N-dealkylation sites (N-methyl/N-ethyl adjacent to an activating group) is 1. The fourth-order valence-electron chi connectivity index (χ4n) is 3.12. The van der Waals surface area contributed by atoms with Gasteiger partial charge in [-0.15, -0.1) is 0 Å². The molecule has 0 radical (unpaired) electrons. The fraction of sp³-hybridized carbons (Fsp3) is 0.423. The highest BCUT2D eigenvalue weighted by Gasteiger charge is 2.16. The molecule has 1 atom stereocenters. The number of carboxylic acids is 2. The van der Waals surface area contributed by atoms with Gasteiger partial charge in [0.15, 0.2) is 0 Å². The minimum absolute atomic E-state index is 0.0978. The van der Waals surface area contributed by atoms with Crippen LogP contribution in [0.4, 0.5) is 0 Å². The van der Waals surface area contributed by atoms with Crippen LogP contribution in [0.3, 0.4) is 0 Å². The number of rotatable bonds is 8. The quantitative estimate of drug-likeness (QED) is 0.378. The van der Waals surface area contributed by atoms with Crippen LogP contribution >= 0.6 is 0 Å². The van der Waals surface area contributed by atoms with E-state index >= 15 is 0 Å². The molecule has 0 aromatic heterocycles. The number of nitrogens with zero attached hydrogens (tertiary/aromatic N) is 1. The second kappa shape index (κ2) is 13.5. The highest BCUT2D eigenvalue weighted by Crippen LogP contribution is 2.27. The van der Waals surface area contributed by atoms with Crippen LogP contribution in [0, 0.1) is 6.92 Å². The Hall–Kier alpha value is -3.43. The first-order valence-electron chi connectivity index (χ1n) is 11.0. The van der Waals surface area contributed by atoms with E-state index in [-0.39, 0.29) is 18.0 Å². The molecule has 192 valence electrons. The zero-order chi connectivity index (χ0) is 26.8. The molecule has 3 N–H and O–H groups in total. The topological polar surface area (TPSA) is 134 Å². The smallest absolute Gasteiger partial charge is 0.414 e. The Morgan fingerprint density at radius 2 is 1.57 bits per heavy atom. The number of carbonyl (C=O) groups excluding carboxylic acids is 1. The van der Waals surface area contributed by atoms with Gasteiger partial charge in [-0.25, -0.2) is 14.4 Å². The molecule has 2 aromatic carbocycles. The van der Waals surface area contributed by atoms with Gasteiger partial charge >= 0.3 is 17.9 Å². The number of aliphatic hydroxyl groups is 1. The van der Waals surface area contributed by atoms with Crippen molar-refractivity contribution in [3.63, 3.8) is 0 Å². The lowest BCUT2D eigenvalue weighted by molar-refractivity contribution is -0.159. The normalized spacial score (nSPS) is 11.8. The number of hydrogen-bond acceptors (Lipinski definition) is 7.